The molecular formula is C15H13BrClNO2. The third-order valence-electron chi connectivity index (χ3n) is 2.80. The summed E-state index contributed by atoms with van der Waals surface area (Å²) in [6, 6.07) is 14.2. The molecule has 0 saturated carbocycles. The molecule has 0 fully saturated rings. The van der Waals surface area contributed by atoms with E-state index in [2.05, 4.69) is 21.2 Å². The molecule has 1 atom stereocenters. The average Bonchev–Trinajstić information content (AvgIpc) is 2.46. The standard InChI is InChI=1S/C15H13BrClNO2/c1-20-15(19)14(18-11-5-3-2-4-6-11)12-8-7-10(17)9-13(12)16/h2-9,14,18H,1H3. The first-order valence-electron chi connectivity index (χ1n) is 5.96. The zero-order valence-electron chi connectivity index (χ0n) is 10.8. The van der Waals surface area contributed by atoms with Crippen molar-refractivity contribution in [3.05, 3.63) is 63.6 Å². The van der Waals surface area contributed by atoms with Gasteiger partial charge in [-0.1, -0.05) is 51.8 Å². The number of ether oxygens (including phenoxy) is 1. The van der Waals surface area contributed by atoms with Crippen LogP contribution in [0.1, 0.15) is 11.6 Å². The summed E-state index contributed by atoms with van der Waals surface area (Å²) >= 11 is 9.36. The van der Waals surface area contributed by atoms with E-state index >= 15 is 0 Å². The van der Waals surface area contributed by atoms with Gasteiger partial charge >= 0.3 is 5.97 Å². The zero-order valence-corrected chi connectivity index (χ0v) is 13.1. The smallest absolute Gasteiger partial charge is 0.333 e. The van der Waals surface area contributed by atoms with Gasteiger partial charge in [0.2, 0.25) is 0 Å². The maximum atomic E-state index is 12.0. The van der Waals surface area contributed by atoms with Crippen LogP contribution >= 0.6 is 27.5 Å². The molecule has 2 aromatic carbocycles. The summed E-state index contributed by atoms with van der Waals surface area (Å²) < 4.78 is 5.62. The second-order valence-corrected chi connectivity index (χ2v) is 5.42. The first-order valence-corrected chi connectivity index (χ1v) is 7.13. The highest BCUT2D eigenvalue weighted by Crippen LogP contribution is 2.29. The molecule has 0 amide bonds. The number of methoxy groups -OCH3 is 1. The fourth-order valence-corrected chi connectivity index (χ4v) is 2.73. The normalized spacial score (nSPS) is 11.8. The number of rotatable bonds is 4. The molecule has 0 radical (unpaired) electrons. The predicted octanol–water partition coefficient (Wildman–Crippen LogP) is 4.43. The summed E-state index contributed by atoms with van der Waals surface area (Å²) in [5.41, 5.74) is 1.61. The number of carbonyl (C=O) groups excluding carboxylic acids is 1. The molecule has 104 valence electrons. The van der Waals surface area contributed by atoms with Crippen molar-refractivity contribution >= 4 is 39.2 Å². The fourth-order valence-electron chi connectivity index (χ4n) is 1.82. The van der Waals surface area contributed by atoms with Gasteiger partial charge in [0.05, 0.1) is 7.11 Å². The van der Waals surface area contributed by atoms with Crippen LogP contribution in [0, 0.1) is 0 Å². The largest absolute Gasteiger partial charge is 0.467 e. The SMILES string of the molecule is COC(=O)C(Nc1ccccc1)c1ccc(Cl)cc1Br. The Balaban J connectivity index is 2.35. The molecule has 0 saturated heterocycles. The summed E-state index contributed by atoms with van der Waals surface area (Å²) in [4.78, 5) is 12.0. The summed E-state index contributed by atoms with van der Waals surface area (Å²) in [5.74, 6) is -0.364. The third kappa shape index (κ3) is 3.52. The highest BCUT2D eigenvalue weighted by Gasteiger charge is 2.23. The molecule has 0 spiro atoms. The maximum absolute atomic E-state index is 12.0. The van der Waals surface area contributed by atoms with E-state index in [1.807, 2.05) is 30.3 Å². The second kappa shape index (κ2) is 6.77. The molecule has 0 aliphatic carbocycles. The minimum absolute atomic E-state index is 0.364. The monoisotopic (exact) mass is 353 g/mol. The van der Waals surface area contributed by atoms with Crippen molar-refractivity contribution in [2.24, 2.45) is 0 Å². The van der Waals surface area contributed by atoms with Gasteiger partial charge in [-0.2, -0.15) is 0 Å². The molecule has 5 heteroatoms. The van der Waals surface area contributed by atoms with E-state index in [-0.39, 0.29) is 5.97 Å². The summed E-state index contributed by atoms with van der Waals surface area (Å²) in [6.07, 6.45) is 0. The van der Waals surface area contributed by atoms with E-state index in [0.29, 0.717) is 5.02 Å². The van der Waals surface area contributed by atoms with Crippen LogP contribution in [-0.2, 0) is 9.53 Å². The number of nitrogens with one attached hydrogen (secondary N) is 1. The quantitative estimate of drug-likeness (QED) is 0.826. The number of benzene rings is 2. The second-order valence-electron chi connectivity index (χ2n) is 4.13. The summed E-state index contributed by atoms with van der Waals surface area (Å²) in [7, 11) is 1.37. The van der Waals surface area contributed by atoms with Gasteiger partial charge in [-0.25, -0.2) is 4.79 Å². The molecule has 1 unspecified atom stereocenters. The Morgan fingerprint density at radius 1 is 1.25 bits per heavy atom. The lowest BCUT2D eigenvalue weighted by Gasteiger charge is -2.19. The van der Waals surface area contributed by atoms with Crippen LogP contribution in [0.3, 0.4) is 0 Å². The van der Waals surface area contributed by atoms with E-state index in [1.54, 1.807) is 18.2 Å². The van der Waals surface area contributed by atoms with Crippen molar-refractivity contribution in [3.8, 4) is 0 Å². The lowest BCUT2D eigenvalue weighted by molar-refractivity contribution is -0.141. The van der Waals surface area contributed by atoms with E-state index in [9.17, 15) is 4.79 Å². The summed E-state index contributed by atoms with van der Waals surface area (Å²) in [5, 5.41) is 3.76. The van der Waals surface area contributed by atoms with E-state index in [0.717, 1.165) is 15.7 Å². The Labute approximate surface area is 131 Å². The van der Waals surface area contributed by atoms with Crippen LogP contribution < -0.4 is 5.32 Å². The molecule has 2 rings (SSSR count). The Morgan fingerprint density at radius 2 is 1.95 bits per heavy atom. The minimum Gasteiger partial charge on any atom is -0.467 e. The number of esters is 1. The van der Waals surface area contributed by atoms with Crippen molar-refractivity contribution < 1.29 is 9.53 Å². The molecule has 20 heavy (non-hydrogen) atoms. The molecule has 0 bridgehead atoms. The molecular weight excluding hydrogens is 342 g/mol. The lowest BCUT2D eigenvalue weighted by atomic mass is 10.1. The van der Waals surface area contributed by atoms with Crippen molar-refractivity contribution in [1.82, 2.24) is 0 Å². The zero-order chi connectivity index (χ0) is 14.5. The molecule has 0 aliphatic rings. The Kier molecular flexibility index (Phi) is 5.04. The van der Waals surface area contributed by atoms with Gasteiger partial charge in [0.25, 0.3) is 0 Å². The van der Waals surface area contributed by atoms with Gasteiger partial charge in [-0.15, -0.1) is 0 Å². The van der Waals surface area contributed by atoms with Crippen LogP contribution in [0.5, 0.6) is 0 Å². The van der Waals surface area contributed by atoms with Gasteiger partial charge in [0.15, 0.2) is 6.04 Å². The summed E-state index contributed by atoms with van der Waals surface area (Å²) in [6.45, 7) is 0. The van der Waals surface area contributed by atoms with E-state index in [1.165, 1.54) is 7.11 Å². The molecule has 0 aromatic heterocycles. The van der Waals surface area contributed by atoms with Crippen LogP contribution in [0.2, 0.25) is 5.02 Å². The predicted molar refractivity (Wildman–Crippen MR) is 84.0 cm³/mol. The van der Waals surface area contributed by atoms with Gasteiger partial charge in [-0.3, -0.25) is 0 Å². The van der Waals surface area contributed by atoms with Crippen molar-refractivity contribution in [1.29, 1.82) is 0 Å². The van der Waals surface area contributed by atoms with Gasteiger partial charge in [0.1, 0.15) is 0 Å². The minimum atomic E-state index is -0.603. The average molecular weight is 355 g/mol. The first kappa shape index (κ1) is 14.9. The molecule has 1 N–H and O–H groups in total. The van der Waals surface area contributed by atoms with Crippen LogP contribution in [-0.4, -0.2) is 13.1 Å². The number of halogens is 2. The first-order chi connectivity index (χ1) is 9.61. The van der Waals surface area contributed by atoms with E-state index < -0.39 is 6.04 Å². The lowest BCUT2D eigenvalue weighted by Crippen LogP contribution is -2.22. The fraction of sp³-hybridized carbons (Fsp3) is 0.133. The third-order valence-corrected chi connectivity index (χ3v) is 3.72. The van der Waals surface area contributed by atoms with E-state index in [4.69, 9.17) is 16.3 Å². The number of para-hydroxylation sites is 1. The molecule has 3 nitrogen and oxygen atoms in total. The molecule has 0 aliphatic heterocycles. The van der Waals surface area contributed by atoms with Gasteiger partial charge in [0, 0.05) is 15.2 Å². The highest BCUT2D eigenvalue weighted by atomic mass is 79.9. The van der Waals surface area contributed by atoms with Gasteiger partial charge < -0.3 is 10.1 Å². The molecule has 0 heterocycles. The van der Waals surface area contributed by atoms with Crippen molar-refractivity contribution in [2.75, 3.05) is 12.4 Å². The number of hydrogen-bond acceptors (Lipinski definition) is 3. The van der Waals surface area contributed by atoms with Gasteiger partial charge in [-0.05, 0) is 29.8 Å². The Bertz CT molecular complexity index is 604. The molecule has 2 aromatic rings. The Hall–Kier alpha value is -1.52. The number of anilines is 1. The van der Waals surface area contributed by atoms with Crippen LogP contribution in [0.25, 0.3) is 0 Å². The Morgan fingerprint density at radius 3 is 2.55 bits per heavy atom. The highest BCUT2D eigenvalue weighted by molar-refractivity contribution is 9.10. The number of hydrogen-bond donors (Lipinski definition) is 1. The van der Waals surface area contributed by atoms with Crippen molar-refractivity contribution in [2.45, 2.75) is 6.04 Å². The maximum Gasteiger partial charge on any atom is 0.333 e. The topological polar surface area (TPSA) is 38.3 Å². The van der Waals surface area contributed by atoms with Crippen LogP contribution in [0.4, 0.5) is 5.69 Å². The van der Waals surface area contributed by atoms with Crippen LogP contribution in [0.15, 0.2) is 53.0 Å². The van der Waals surface area contributed by atoms with Crippen molar-refractivity contribution in [3.63, 3.8) is 0 Å². The number of carbonyl (C=O) groups is 1.